The Bertz CT molecular complexity index is 754. The second kappa shape index (κ2) is 4.86. The van der Waals surface area contributed by atoms with Gasteiger partial charge in [-0.25, -0.2) is 0 Å². The normalized spacial score (nSPS) is 54.6. The summed E-state index contributed by atoms with van der Waals surface area (Å²) < 4.78 is 18.6. The van der Waals surface area contributed by atoms with Gasteiger partial charge in [-0.3, -0.25) is 4.79 Å². The largest absolute Gasteiger partial charge is 0.381 e. The van der Waals surface area contributed by atoms with E-state index in [1.807, 2.05) is 0 Å². The lowest BCUT2D eigenvalue weighted by Crippen LogP contribution is -2.55. The van der Waals surface area contributed by atoms with Crippen LogP contribution in [0.15, 0.2) is 11.6 Å². The van der Waals surface area contributed by atoms with Crippen molar-refractivity contribution in [3.8, 4) is 0 Å². The van der Waals surface area contributed by atoms with Gasteiger partial charge in [0.2, 0.25) is 0 Å². The highest BCUT2D eigenvalue weighted by molar-refractivity contribution is 5.86. The topological polar surface area (TPSA) is 68.3 Å². The number of ketones is 1. The zero-order valence-electron chi connectivity index (χ0n) is 16.4. The number of aliphatic hydroxyl groups is 1. The highest BCUT2D eigenvalue weighted by atomic mass is 16.7. The lowest BCUT2D eigenvalue weighted by molar-refractivity contribution is -0.185. The van der Waals surface area contributed by atoms with Crippen molar-refractivity contribution in [2.45, 2.75) is 87.8 Å². The molecule has 1 spiro atoms. The number of carbonyl (C=O) groups is 1. The molecule has 5 fully saturated rings. The minimum atomic E-state index is -1.17. The number of allylic oxidation sites excluding steroid dienone is 1. The van der Waals surface area contributed by atoms with Crippen molar-refractivity contribution in [1.82, 2.24) is 0 Å². The molecule has 5 heteroatoms. The lowest BCUT2D eigenvalue weighted by atomic mass is 9.52. The molecule has 0 aromatic carbocycles. The standard InChI is InChI=1S/C22H30O5/c1-14(23)21(24)8-5-16-15-3-7-19-13-20(25-11-12-26-20)9-10-22(19,27-19)17(15)4-6-18(16,21)2/h4,15-16,24H,3,5-13H2,1-2H3/t15?,16?,18-,19+,21-,22+/m0/s1. The van der Waals surface area contributed by atoms with Gasteiger partial charge in [0.15, 0.2) is 11.6 Å². The molecule has 2 saturated heterocycles. The molecule has 5 nitrogen and oxygen atoms in total. The van der Waals surface area contributed by atoms with Crippen molar-refractivity contribution < 1.29 is 24.1 Å². The molecule has 6 atom stereocenters. The Morgan fingerprint density at radius 3 is 2.67 bits per heavy atom. The summed E-state index contributed by atoms with van der Waals surface area (Å²) in [4.78, 5) is 12.3. The van der Waals surface area contributed by atoms with Crippen LogP contribution in [0.2, 0.25) is 0 Å². The Morgan fingerprint density at radius 2 is 1.93 bits per heavy atom. The Kier molecular flexibility index (Phi) is 3.09. The quantitative estimate of drug-likeness (QED) is 0.565. The maximum atomic E-state index is 12.3. The zero-order chi connectivity index (χ0) is 18.7. The van der Waals surface area contributed by atoms with Crippen molar-refractivity contribution in [1.29, 1.82) is 0 Å². The first-order valence-electron chi connectivity index (χ1n) is 10.7. The Hall–Kier alpha value is -0.750. The first kappa shape index (κ1) is 17.1. The SMILES string of the molecule is CC(=O)[C@@]1(O)CCC2C3CC[C@@]45CC6(CC[C@@]4(O5)C3=CC[C@@]21C)OCCO6. The molecule has 2 heterocycles. The third kappa shape index (κ3) is 1.79. The van der Waals surface area contributed by atoms with E-state index in [1.54, 1.807) is 6.92 Å². The van der Waals surface area contributed by atoms with Gasteiger partial charge < -0.3 is 19.3 Å². The van der Waals surface area contributed by atoms with Crippen LogP contribution >= 0.6 is 0 Å². The van der Waals surface area contributed by atoms with Crippen LogP contribution in [0.5, 0.6) is 0 Å². The van der Waals surface area contributed by atoms with Gasteiger partial charge >= 0.3 is 0 Å². The maximum Gasteiger partial charge on any atom is 0.171 e. The van der Waals surface area contributed by atoms with Gasteiger partial charge in [0, 0.05) is 18.3 Å². The minimum absolute atomic E-state index is 0.0644. The molecule has 148 valence electrons. The van der Waals surface area contributed by atoms with E-state index in [0.717, 1.165) is 44.9 Å². The summed E-state index contributed by atoms with van der Waals surface area (Å²) in [5.74, 6) is 0.328. The van der Waals surface area contributed by atoms with Crippen LogP contribution in [0.3, 0.4) is 0 Å². The van der Waals surface area contributed by atoms with E-state index in [2.05, 4.69) is 13.0 Å². The highest BCUT2D eigenvalue weighted by Crippen LogP contribution is 2.74. The fourth-order valence-corrected chi connectivity index (χ4v) is 7.93. The smallest absolute Gasteiger partial charge is 0.171 e. The van der Waals surface area contributed by atoms with Crippen LogP contribution < -0.4 is 0 Å². The summed E-state index contributed by atoms with van der Waals surface area (Å²) in [6, 6.07) is 0. The molecular weight excluding hydrogens is 344 g/mol. The van der Waals surface area contributed by atoms with Gasteiger partial charge in [-0.2, -0.15) is 0 Å². The van der Waals surface area contributed by atoms with Gasteiger partial charge in [-0.15, -0.1) is 0 Å². The Morgan fingerprint density at radius 1 is 1.15 bits per heavy atom. The van der Waals surface area contributed by atoms with E-state index in [1.165, 1.54) is 5.57 Å². The molecule has 6 rings (SSSR count). The van der Waals surface area contributed by atoms with Crippen LogP contribution in [0.1, 0.15) is 65.2 Å². The van der Waals surface area contributed by atoms with E-state index < -0.39 is 11.4 Å². The maximum absolute atomic E-state index is 12.3. The number of hydrogen-bond donors (Lipinski definition) is 1. The summed E-state index contributed by atoms with van der Waals surface area (Å²) in [6.07, 6.45) is 9.50. The van der Waals surface area contributed by atoms with Crippen LogP contribution in [0.25, 0.3) is 0 Å². The van der Waals surface area contributed by atoms with Crippen LogP contribution in [0, 0.1) is 17.3 Å². The summed E-state index contributed by atoms with van der Waals surface area (Å²) in [6.45, 7) is 5.09. The molecule has 0 aromatic rings. The van der Waals surface area contributed by atoms with Crippen molar-refractivity contribution >= 4 is 5.78 Å². The van der Waals surface area contributed by atoms with Gasteiger partial charge in [0.1, 0.15) is 16.8 Å². The number of rotatable bonds is 1. The first-order valence-corrected chi connectivity index (χ1v) is 10.7. The van der Waals surface area contributed by atoms with E-state index in [4.69, 9.17) is 14.2 Å². The fraction of sp³-hybridized carbons (Fsp3) is 0.864. The number of carbonyl (C=O) groups excluding carboxylic acids is 1. The highest BCUT2D eigenvalue weighted by Gasteiger charge is 2.79. The number of Topliss-reactive ketones (excluding diaryl/α,β-unsaturated/α-hetero) is 1. The molecule has 0 aromatic heterocycles. The molecular formula is C22H30O5. The number of epoxide rings is 1. The molecule has 4 aliphatic carbocycles. The number of fused-ring (bicyclic) bond motifs is 3. The average Bonchev–Trinajstić information content (AvgIpc) is 2.97. The van der Waals surface area contributed by atoms with Crippen molar-refractivity contribution in [2.75, 3.05) is 13.2 Å². The summed E-state index contributed by atoms with van der Waals surface area (Å²) in [5, 5.41) is 11.2. The Balaban J connectivity index is 1.35. The molecule has 6 aliphatic rings. The molecule has 2 aliphatic heterocycles. The fourth-order valence-electron chi connectivity index (χ4n) is 7.93. The molecule has 3 saturated carbocycles. The molecule has 0 radical (unpaired) electrons. The van der Waals surface area contributed by atoms with Gasteiger partial charge in [-0.1, -0.05) is 13.0 Å². The van der Waals surface area contributed by atoms with Gasteiger partial charge in [0.05, 0.1) is 13.2 Å². The Labute approximate surface area is 160 Å². The van der Waals surface area contributed by atoms with Crippen LogP contribution in [0.4, 0.5) is 0 Å². The second-order valence-corrected chi connectivity index (χ2v) is 10.2. The van der Waals surface area contributed by atoms with Crippen molar-refractivity contribution in [3.63, 3.8) is 0 Å². The van der Waals surface area contributed by atoms with Gasteiger partial charge in [-0.05, 0) is 62.9 Å². The monoisotopic (exact) mass is 374 g/mol. The van der Waals surface area contributed by atoms with Crippen LogP contribution in [-0.4, -0.2) is 46.7 Å². The predicted molar refractivity (Wildman–Crippen MR) is 96.9 cm³/mol. The third-order valence-corrected chi connectivity index (χ3v) is 9.41. The average molecular weight is 374 g/mol. The predicted octanol–water partition coefficient (Wildman–Crippen LogP) is 2.90. The van der Waals surface area contributed by atoms with E-state index >= 15 is 0 Å². The molecule has 0 amide bonds. The minimum Gasteiger partial charge on any atom is -0.381 e. The van der Waals surface area contributed by atoms with E-state index in [9.17, 15) is 9.90 Å². The lowest BCUT2D eigenvalue weighted by Gasteiger charge is -2.51. The molecule has 1 N–H and O–H groups in total. The first-order chi connectivity index (χ1) is 12.8. The van der Waals surface area contributed by atoms with Gasteiger partial charge in [0.25, 0.3) is 0 Å². The third-order valence-electron chi connectivity index (χ3n) is 9.41. The van der Waals surface area contributed by atoms with E-state index in [-0.39, 0.29) is 22.4 Å². The molecule has 0 bridgehead atoms. The van der Waals surface area contributed by atoms with E-state index in [0.29, 0.717) is 31.5 Å². The summed E-state index contributed by atoms with van der Waals surface area (Å²) in [7, 11) is 0. The van der Waals surface area contributed by atoms with Crippen molar-refractivity contribution in [2.24, 2.45) is 17.3 Å². The summed E-state index contributed by atoms with van der Waals surface area (Å²) in [5.41, 5.74) is -0.280. The zero-order valence-corrected chi connectivity index (χ0v) is 16.4. The van der Waals surface area contributed by atoms with Crippen LogP contribution in [-0.2, 0) is 19.0 Å². The number of hydrogen-bond acceptors (Lipinski definition) is 5. The summed E-state index contributed by atoms with van der Waals surface area (Å²) >= 11 is 0. The number of ether oxygens (including phenoxy) is 3. The molecule has 27 heavy (non-hydrogen) atoms. The molecule has 2 unspecified atom stereocenters. The van der Waals surface area contributed by atoms with Crippen molar-refractivity contribution in [3.05, 3.63) is 11.6 Å². The second-order valence-electron chi connectivity index (χ2n) is 10.2.